The summed E-state index contributed by atoms with van der Waals surface area (Å²) in [6, 6.07) is 9.10. The third-order valence-corrected chi connectivity index (χ3v) is 4.27. The van der Waals surface area contributed by atoms with Gasteiger partial charge in [0.1, 0.15) is 5.60 Å². The first-order valence-electron chi connectivity index (χ1n) is 8.89. The maximum Gasteiger partial charge on any atom is 0.410 e. The van der Waals surface area contributed by atoms with Gasteiger partial charge in [0.15, 0.2) is 0 Å². The average Bonchev–Trinajstić information content (AvgIpc) is 2.46. The summed E-state index contributed by atoms with van der Waals surface area (Å²) in [6.07, 6.45) is 1.69. The quantitative estimate of drug-likeness (QED) is 0.846. The molecule has 0 atom stereocenters. The van der Waals surface area contributed by atoms with Crippen molar-refractivity contribution < 1.29 is 9.53 Å². The summed E-state index contributed by atoms with van der Waals surface area (Å²) < 4.78 is 5.44. The molecule has 0 aliphatic carbocycles. The molecule has 1 N–H and O–H groups in total. The maximum atomic E-state index is 12.1. The third-order valence-electron chi connectivity index (χ3n) is 4.27. The van der Waals surface area contributed by atoms with Crippen molar-refractivity contribution >= 4 is 11.8 Å². The lowest BCUT2D eigenvalue weighted by atomic mass is 9.87. The van der Waals surface area contributed by atoms with Crippen LogP contribution in [0.15, 0.2) is 24.3 Å². The zero-order valence-corrected chi connectivity index (χ0v) is 16.0. The largest absolute Gasteiger partial charge is 0.444 e. The zero-order valence-electron chi connectivity index (χ0n) is 16.0. The molecule has 0 saturated carbocycles. The zero-order chi connectivity index (χ0) is 18.0. The molecule has 1 aliphatic heterocycles. The molecule has 0 radical (unpaired) electrons. The van der Waals surface area contributed by atoms with Crippen LogP contribution >= 0.6 is 0 Å². The Bertz CT molecular complexity index is 544. The number of nitrogens with zero attached hydrogens (tertiary/aromatic N) is 1. The van der Waals surface area contributed by atoms with E-state index in [0.29, 0.717) is 6.04 Å². The summed E-state index contributed by atoms with van der Waals surface area (Å²) in [5.41, 5.74) is 2.24. The van der Waals surface area contributed by atoms with Crippen LogP contribution in [0.1, 0.15) is 59.9 Å². The summed E-state index contributed by atoms with van der Waals surface area (Å²) in [4.78, 5) is 13.9. The van der Waals surface area contributed by atoms with Crippen molar-refractivity contribution in [2.24, 2.45) is 0 Å². The predicted molar refractivity (Wildman–Crippen MR) is 99.6 cm³/mol. The molecule has 4 heteroatoms. The number of hydrogen-bond donors (Lipinski definition) is 1. The molecule has 1 fully saturated rings. The van der Waals surface area contributed by atoms with Crippen molar-refractivity contribution in [2.75, 3.05) is 18.4 Å². The molecular weight excluding hydrogens is 300 g/mol. The fraction of sp³-hybridized carbons (Fsp3) is 0.650. The summed E-state index contributed by atoms with van der Waals surface area (Å²) in [6.45, 7) is 13.9. The lowest BCUT2D eigenvalue weighted by Crippen LogP contribution is -2.44. The Morgan fingerprint density at radius 1 is 1.04 bits per heavy atom. The van der Waals surface area contributed by atoms with Crippen molar-refractivity contribution in [3.63, 3.8) is 0 Å². The van der Waals surface area contributed by atoms with Crippen LogP contribution in [0, 0.1) is 0 Å². The van der Waals surface area contributed by atoms with Crippen LogP contribution in [-0.4, -0.2) is 35.7 Å². The molecule has 24 heavy (non-hydrogen) atoms. The van der Waals surface area contributed by atoms with E-state index in [0.717, 1.165) is 31.6 Å². The molecule has 1 heterocycles. The van der Waals surface area contributed by atoms with Gasteiger partial charge in [0, 0.05) is 24.8 Å². The highest BCUT2D eigenvalue weighted by atomic mass is 16.6. The number of carbonyl (C=O) groups excluding carboxylic acids is 1. The molecule has 0 unspecified atom stereocenters. The number of amides is 1. The Balaban J connectivity index is 1.84. The molecule has 1 aromatic rings. The average molecular weight is 332 g/mol. The van der Waals surface area contributed by atoms with Gasteiger partial charge in [-0.2, -0.15) is 0 Å². The number of piperidine rings is 1. The Hall–Kier alpha value is -1.71. The van der Waals surface area contributed by atoms with Gasteiger partial charge in [-0.05, 0) is 56.7 Å². The van der Waals surface area contributed by atoms with Crippen LogP contribution in [0.5, 0.6) is 0 Å². The SMILES string of the molecule is CC(C)(C)OC(=O)N1CCC(Nc2ccc(C(C)(C)C)cc2)CC1. The minimum absolute atomic E-state index is 0.178. The van der Waals surface area contributed by atoms with E-state index in [1.54, 1.807) is 0 Å². The number of rotatable bonds is 2. The first-order chi connectivity index (χ1) is 11.0. The Labute approximate surface area is 146 Å². The fourth-order valence-corrected chi connectivity index (χ4v) is 2.84. The van der Waals surface area contributed by atoms with E-state index in [1.165, 1.54) is 5.56 Å². The van der Waals surface area contributed by atoms with E-state index in [9.17, 15) is 4.79 Å². The molecule has 0 aromatic heterocycles. The lowest BCUT2D eigenvalue weighted by molar-refractivity contribution is 0.0210. The number of nitrogens with one attached hydrogen (secondary N) is 1. The summed E-state index contributed by atoms with van der Waals surface area (Å²) in [5, 5.41) is 3.59. The van der Waals surface area contributed by atoms with Crippen LogP contribution < -0.4 is 5.32 Å². The van der Waals surface area contributed by atoms with Crippen LogP contribution in [0.25, 0.3) is 0 Å². The van der Waals surface area contributed by atoms with Gasteiger partial charge in [0.05, 0.1) is 0 Å². The number of benzene rings is 1. The van der Waals surface area contributed by atoms with Crippen LogP contribution in [-0.2, 0) is 10.2 Å². The molecule has 134 valence electrons. The van der Waals surface area contributed by atoms with Crippen LogP contribution in [0.4, 0.5) is 10.5 Å². The first-order valence-corrected chi connectivity index (χ1v) is 8.89. The van der Waals surface area contributed by atoms with Gasteiger partial charge in [-0.3, -0.25) is 0 Å². The Kier molecular flexibility index (Phi) is 5.46. The molecule has 4 nitrogen and oxygen atoms in total. The van der Waals surface area contributed by atoms with Gasteiger partial charge >= 0.3 is 6.09 Å². The number of carbonyl (C=O) groups is 1. The minimum atomic E-state index is -0.430. The minimum Gasteiger partial charge on any atom is -0.444 e. The van der Waals surface area contributed by atoms with Gasteiger partial charge in [-0.1, -0.05) is 32.9 Å². The molecule has 1 aromatic carbocycles. The standard InChI is InChI=1S/C20H32N2O2/c1-19(2,3)15-7-9-16(10-8-15)21-17-11-13-22(14-12-17)18(23)24-20(4,5)6/h7-10,17,21H,11-14H2,1-6H3. The van der Waals surface area contributed by atoms with E-state index in [1.807, 2.05) is 25.7 Å². The molecule has 0 bridgehead atoms. The van der Waals surface area contributed by atoms with Gasteiger partial charge in [-0.15, -0.1) is 0 Å². The van der Waals surface area contributed by atoms with E-state index < -0.39 is 5.60 Å². The van der Waals surface area contributed by atoms with Crippen molar-refractivity contribution in [1.82, 2.24) is 4.90 Å². The highest BCUT2D eigenvalue weighted by Gasteiger charge is 2.26. The first kappa shape index (κ1) is 18.6. The summed E-state index contributed by atoms with van der Waals surface area (Å²) in [5.74, 6) is 0. The molecular formula is C20H32N2O2. The molecule has 1 saturated heterocycles. The molecule has 1 aliphatic rings. The van der Waals surface area contributed by atoms with Crippen LogP contribution in [0.2, 0.25) is 0 Å². The second-order valence-electron chi connectivity index (χ2n) is 8.71. The number of likely N-dealkylation sites (tertiary alicyclic amines) is 1. The Morgan fingerprint density at radius 2 is 1.58 bits per heavy atom. The van der Waals surface area contributed by atoms with Crippen molar-refractivity contribution in [2.45, 2.75) is 71.4 Å². The predicted octanol–water partition coefficient (Wildman–Crippen LogP) is 4.80. The molecule has 1 amide bonds. The number of ether oxygens (including phenoxy) is 1. The van der Waals surface area contributed by atoms with Crippen molar-refractivity contribution in [3.05, 3.63) is 29.8 Å². The monoisotopic (exact) mass is 332 g/mol. The van der Waals surface area contributed by atoms with Crippen molar-refractivity contribution in [1.29, 1.82) is 0 Å². The van der Waals surface area contributed by atoms with E-state index >= 15 is 0 Å². The van der Waals surface area contributed by atoms with E-state index in [2.05, 4.69) is 50.4 Å². The molecule has 2 rings (SSSR count). The number of hydrogen-bond acceptors (Lipinski definition) is 3. The molecule has 0 spiro atoms. The maximum absolute atomic E-state index is 12.1. The summed E-state index contributed by atoms with van der Waals surface area (Å²) >= 11 is 0. The highest BCUT2D eigenvalue weighted by Crippen LogP contribution is 2.25. The normalized spacial score (nSPS) is 16.8. The second kappa shape index (κ2) is 7.04. The lowest BCUT2D eigenvalue weighted by Gasteiger charge is -2.34. The highest BCUT2D eigenvalue weighted by molar-refractivity contribution is 5.68. The van der Waals surface area contributed by atoms with E-state index in [4.69, 9.17) is 4.74 Å². The second-order valence-corrected chi connectivity index (χ2v) is 8.71. The Morgan fingerprint density at radius 3 is 2.04 bits per heavy atom. The topological polar surface area (TPSA) is 41.6 Å². The van der Waals surface area contributed by atoms with Gasteiger partial charge in [0.25, 0.3) is 0 Å². The van der Waals surface area contributed by atoms with Crippen LogP contribution in [0.3, 0.4) is 0 Å². The van der Waals surface area contributed by atoms with Gasteiger partial charge in [0.2, 0.25) is 0 Å². The van der Waals surface area contributed by atoms with Crippen molar-refractivity contribution in [3.8, 4) is 0 Å². The van der Waals surface area contributed by atoms with E-state index in [-0.39, 0.29) is 11.5 Å². The summed E-state index contributed by atoms with van der Waals surface area (Å²) in [7, 11) is 0. The van der Waals surface area contributed by atoms with Gasteiger partial charge in [-0.25, -0.2) is 4.79 Å². The fourth-order valence-electron chi connectivity index (χ4n) is 2.84. The van der Waals surface area contributed by atoms with Gasteiger partial charge < -0.3 is 15.0 Å². The smallest absolute Gasteiger partial charge is 0.410 e. The number of anilines is 1. The third kappa shape index (κ3) is 5.43.